The second-order valence-electron chi connectivity index (χ2n) is 3.68. The average Bonchev–Trinajstić information content (AvgIpc) is 2.18. The van der Waals surface area contributed by atoms with Crippen LogP contribution in [-0.2, 0) is 19.0 Å². The van der Waals surface area contributed by atoms with E-state index in [1.807, 2.05) is 13.8 Å². The van der Waals surface area contributed by atoms with Gasteiger partial charge in [-0.05, 0) is 34.6 Å². The van der Waals surface area contributed by atoms with E-state index >= 15 is 0 Å². The molecule has 15 heavy (non-hydrogen) atoms. The van der Waals surface area contributed by atoms with Crippen molar-refractivity contribution in [2.75, 3.05) is 19.8 Å². The maximum absolute atomic E-state index is 11.7. The highest BCUT2D eigenvalue weighted by Gasteiger charge is 2.39. The van der Waals surface area contributed by atoms with Gasteiger partial charge in [0.15, 0.2) is 6.29 Å². The summed E-state index contributed by atoms with van der Waals surface area (Å²) in [6.07, 6.45) is -0.549. The van der Waals surface area contributed by atoms with Crippen molar-refractivity contribution in [1.29, 1.82) is 0 Å². The van der Waals surface area contributed by atoms with Gasteiger partial charge in [-0.25, -0.2) is 0 Å². The van der Waals surface area contributed by atoms with Crippen LogP contribution < -0.4 is 0 Å². The smallest absolute Gasteiger partial charge is 0.316 e. The Labute approximate surface area is 91.9 Å². The summed E-state index contributed by atoms with van der Waals surface area (Å²) in [4.78, 5) is 11.7. The number of esters is 1. The van der Waals surface area contributed by atoms with E-state index in [1.54, 1.807) is 20.8 Å². The molecule has 0 spiro atoms. The van der Waals surface area contributed by atoms with Crippen LogP contribution in [0, 0.1) is 5.41 Å². The van der Waals surface area contributed by atoms with Crippen LogP contribution >= 0.6 is 0 Å². The van der Waals surface area contributed by atoms with Crippen molar-refractivity contribution in [3.63, 3.8) is 0 Å². The number of hydrogen-bond acceptors (Lipinski definition) is 4. The topological polar surface area (TPSA) is 44.8 Å². The second kappa shape index (κ2) is 6.80. The van der Waals surface area contributed by atoms with E-state index in [0.29, 0.717) is 19.8 Å². The van der Waals surface area contributed by atoms with E-state index in [1.165, 1.54) is 0 Å². The lowest BCUT2D eigenvalue weighted by Gasteiger charge is -2.31. The molecule has 0 aliphatic carbocycles. The lowest BCUT2D eigenvalue weighted by atomic mass is 9.92. The molecule has 4 heteroatoms. The summed E-state index contributed by atoms with van der Waals surface area (Å²) in [5.74, 6) is -0.295. The van der Waals surface area contributed by atoms with Gasteiger partial charge in [0.05, 0.1) is 6.61 Å². The molecule has 0 amide bonds. The summed E-state index contributed by atoms with van der Waals surface area (Å²) in [5, 5.41) is 0. The monoisotopic (exact) mass is 218 g/mol. The van der Waals surface area contributed by atoms with E-state index in [0.717, 1.165) is 0 Å². The van der Waals surface area contributed by atoms with E-state index < -0.39 is 11.7 Å². The zero-order valence-corrected chi connectivity index (χ0v) is 10.3. The van der Waals surface area contributed by atoms with Crippen LogP contribution in [0.3, 0.4) is 0 Å². The fourth-order valence-electron chi connectivity index (χ4n) is 1.18. The fraction of sp³-hybridized carbons (Fsp3) is 0.909. The van der Waals surface area contributed by atoms with Gasteiger partial charge in [-0.1, -0.05) is 0 Å². The Morgan fingerprint density at radius 2 is 1.53 bits per heavy atom. The minimum absolute atomic E-state index is 0.295. The van der Waals surface area contributed by atoms with Gasteiger partial charge >= 0.3 is 5.97 Å². The first kappa shape index (κ1) is 14.4. The van der Waals surface area contributed by atoms with Gasteiger partial charge in [0.2, 0.25) is 0 Å². The molecule has 0 aromatic heterocycles. The van der Waals surface area contributed by atoms with Crippen molar-refractivity contribution >= 4 is 5.97 Å². The summed E-state index contributed by atoms with van der Waals surface area (Å²) in [6, 6.07) is 0. The molecule has 4 nitrogen and oxygen atoms in total. The third-order valence-electron chi connectivity index (χ3n) is 2.03. The lowest BCUT2D eigenvalue weighted by molar-refractivity contribution is -0.210. The maximum Gasteiger partial charge on any atom is 0.316 e. The minimum atomic E-state index is -0.776. The van der Waals surface area contributed by atoms with Crippen LogP contribution in [0.1, 0.15) is 34.6 Å². The van der Waals surface area contributed by atoms with Gasteiger partial charge in [0.25, 0.3) is 0 Å². The molecule has 0 rings (SSSR count). The molecule has 0 aliphatic heterocycles. The molecule has 0 radical (unpaired) electrons. The largest absolute Gasteiger partial charge is 0.465 e. The Hall–Kier alpha value is -0.610. The average molecular weight is 218 g/mol. The Bertz CT molecular complexity index is 183. The number of hydrogen-bond donors (Lipinski definition) is 0. The van der Waals surface area contributed by atoms with Gasteiger partial charge in [0, 0.05) is 13.2 Å². The molecule has 0 saturated carbocycles. The first-order valence-corrected chi connectivity index (χ1v) is 5.41. The summed E-state index contributed by atoms with van der Waals surface area (Å²) in [6.45, 7) is 10.4. The first-order chi connectivity index (χ1) is 7.00. The molecule has 0 fully saturated rings. The van der Waals surface area contributed by atoms with Crippen LogP contribution in [0.4, 0.5) is 0 Å². The van der Waals surface area contributed by atoms with E-state index in [4.69, 9.17) is 14.2 Å². The van der Waals surface area contributed by atoms with Crippen LogP contribution in [0.15, 0.2) is 0 Å². The summed E-state index contributed by atoms with van der Waals surface area (Å²) in [7, 11) is 0. The molecule has 0 heterocycles. The number of carbonyl (C=O) groups is 1. The molecular weight excluding hydrogens is 196 g/mol. The van der Waals surface area contributed by atoms with Crippen molar-refractivity contribution in [3.8, 4) is 0 Å². The second-order valence-corrected chi connectivity index (χ2v) is 3.68. The van der Waals surface area contributed by atoms with E-state index in [9.17, 15) is 4.79 Å². The van der Waals surface area contributed by atoms with Crippen LogP contribution in [0.25, 0.3) is 0 Å². The van der Waals surface area contributed by atoms with Crippen molar-refractivity contribution in [1.82, 2.24) is 0 Å². The summed E-state index contributed by atoms with van der Waals surface area (Å²) < 4.78 is 15.8. The Morgan fingerprint density at radius 1 is 1.07 bits per heavy atom. The van der Waals surface area contributed by atoms with Crippen molar-refractivity contribution in [3.05, 3.63) is 0 Å². The van der Waals surface area contributed by atoms with Crippen LogP contribution in [0.5, 0.6) is 0 Å². The molecule has 0 aromatic carbocycles. The molecule has 0 aromatic rings. The quantitative estimate of drug-likeness (QED) is 0.484. The van der Waals surface area contributed by atoms with Crippen molar-refractivity contribution in [2.45, 2.75) is 40.9 Å². The van der Waals surface area contributed by atoms with Crippen molar-refractivity contribution in [2.24, 2.45) is 5.41 Å². The molecule has 90 valence electrons. The molecule has 0 unspecified atom stereocenters. The lowest BCUT2D eigenvalue weighted by Crippen LogP contribution is -2.42. The predicted molar refractivity (Wildman–Crippen MR) is 57.5 cm³/mol. The summed E-state index contributed by atoms with van der Waals surface area (Å²) >= 11 is 0. The third kappa shape index (κ3) is 4.18. The van der Waals surface area contributed by atoms with E-state index in [-0.39, 0.29) is 5.97 Å². The highest BCUT2D eigenvalue weighted by Crippen LogP contribution is 2.26. The molecule has 0 N–H and O–H groups in total. The summed E-state index contributed by atoms with van der Waals surface area (Å²) in [5.41, 5.74) is -0.776. The Kier molecular flexibility index (Phi) is 6.52. The van der Waals surface area contributed by atoms with Crippen LogP contribution in [0.2, 0.25) is 0 Å². The molecule has 0 bridgehead atoms. The van der Waals surface area contributed by atoms with Gasteiger partial charge in [-0.3, -0.25) is 4.79 Å². The third-order valence-corrected chi connectivity index (χ3v) is 2.03. The highest BCUT2D eigenvalue weighted by atomic mass is 16.7. The highest BCUT2D eigenvalue weighted by molar-refractivity contribution is 5.76. The predicted octanol–water partition coefficient (Wildman–Crippen LogP) is 1.97. The standard InChI is InChI=1S/C11H22O4/c1-6-13-9(12)11(4,5)10(14-7-2)15-8-3/h10H,6-8H2,1-5H3. The zero-order chi connectivity index (χ0) is 11.9. The Balaban J connectivity index is 4.52. The first-order valence-electron chi connectivity index (χ1n) is 5.41. The maximum atomic E-state index is 11.7. The number of rotatable bonds is 7. The van der Waals surface area contributed by atoms with Gasteiger partial charge in [-0.15, -0.1) is 0 Å². The molecule has 0 saturated heterocycles. The molecular formula is C11H22O4. The zero-order valence-electron chi connectivity index (χ0n) is 10.3. The van der Waals surface area contributed by atoms with E-state index in [2.05, 4.69) is 0 Å². The van der Waals surface area contributed by atoms with Gasteiger partial charge in [-0.2, -0.15) is 0 Å². The minimum Gasteiger partial charge on any atom is -0.465 e. The van der Waals surface area contributed by atoms with Crippen LogP contribution in [-0.4, -0.2) is 32.1 Å². The van der Waals surface area contributed by atoms with Gasteiger partial charge in [0.1, 0.15) is 5.41 Å². The number of ether oxygens (including phenoxy) is 3. The number of carbonyl (C=O) groups excluding carboxylic acids is 1. The molecule has 0 aliphatic rings. The Morgan fingerprint density at radius 3 is 1.87 bits per heavy atom. The molecule has 0 atom stereocenters. The normalized spacial score (nSPS) is 11.9. The van der Waals surface area contributed by atoms with Crippen molar-refractivity contribution < 1.29 is 19.0 Å². The SMILES string of the molecule is CCOC(=O)C(C)(C)C(OCC)OCC. The van der Waals surface area contributed by atoms with Gasteiger partial charge < -0.3 is 14.2 Å². The fourth-order valence-corrected chi connectivity index (χ4v) is 1.18.